The molecule has 0 saturated carbocycles. The van der Waals surface area contributed by atoms with E-state index in [0.717, 1.165) is 56.6 Å². The lowest BCUT2D eigenvalue weighted by atomic mass is 10.2. The first-order valence-electron chi connectivity index (χ1n) is 10.1. The number of piperazine rings is 2. The van der Waals surface area contributed by atoms with Gasteiger partial charge in [-0.05, 0) is 24.7 Å². The predicted molar refractivity (Wildman–Crippen MR) is 112 cm³/mol. The second kappa shape index (κ2) is 9.04. The number of likely N-dealkylation sites (N-methyl/N-ethyl adjacent to an activating group) is 1. The van der Waals surface area contributed by atoms with Crippen LogP contribution in [0.2, 0.25) is 0 Å². The highest BCUT2D eigenvalue weighted by atomic mass is 16.2. The van der Waals surface area contributed by atoms with Crippen LogP contribution in [0.15, 0.2) is 36.8 Å². The molecule has 2 saturated heterocycles. The second-order valence-corrected chi connectivity index (χ2v) is 7.50. The fourth-order valence-electron chi connectivity index (χ4n) is 3.60. The van der Waals surface area contributed by atoms with E-state index in [1.54, 1.807) is 18.5 Å². The zero-order chi connectivity index (χ0) is 20.1. The van der Waals surface area contributed by atoms with Gasteiger partial charge in [0, 0.05) is 77.5 Å². The summed E-state index contributed by atoms with van der Waals surface area (Å²) >= 11 is 0. The van der Waals surface area contributed by atoms with Crippen LogP contribution in [0.3, 0.4) is 0 Å². The lowest BCUT2D eigenvalue weighted by molar-refractivity contribution is 0.193. The molecule has 0 aliphatic carbocycles. The highest BCUT2D eigenvalue weighted by Crippen LogP contribution is 2.14. The van der Waals surface area contributed by atoms with E-state index in [2.05, 4.69) is 42.0 Å². The number of hydrogen-bond acceptors (Lipinski definition) is 7. The zero-order valence-corrected chi connectivity index (χ0v) is 16.9. The molecular weight excluding hydrogens is 368 g/mol. The largest absolute Gasteiger partial charge is 0.354 e. The Hall–Kier alpha value is -2.94. The fraction of sp³-hybridized carbons (Fsp3) is 0.500. The van der Waals surface area contributed by atoms with E-state index in [4.69, 9.17) is 0 Å². The number of urea groups is 1. The van der Waals surface area contributed by atoms with Gasteiger partial charge in [0.15, 0.2) is 0 Å². The molecule has 2 fully saturated rings. The number of nitrogens with one attached hydrogen (secondary N) is 1. The second-order valence-electron chi connectivity index (χ2n) is 7.50. The molecule has 1 N–H and O–H groups in total. The summed E-state index contributed by atoms with van der Waals surface area (Å²) in [4.78, 5) is 34.2. The third-order valence-corrected chi connectivity index (χ3v) is 5.48. The Morgan fingerprint density at radius 2 is 1.62 bits per heavy atom. The topological polar surface area (TPSA) is 80.7 Å². The molecule has 0 radical (unpaired) electrons. The van der Waals surface area contributed by atoms with E-state index >= 15 is 0 Å². The number of amides is 2. The Morgan fingerprint density at radius 1 is 0.931 bits per heavy atom. The lowest BCUT2D eigenvalue weighted by Crippen LogP contribution is -2.52. The summed E-state index contributed by atoms with van der Waals surface area (Å²) in [6.07, 6.45) is 5.34. The van der Waals surface area contributed by atoms with Gasteiger partial charge in [-0.3, -0.25) is 0 Å². The van der Waals surface area contributed by atoms with Crippen LogP contribution in [0.5, 0.6) is 0 Å². The smallest absolute Gasteiger partial charge is 0.317 e. The molecule has 9 heteroatoms. The van der Waals surface area contributed by atoms with Crippen molar-refractivity contribution in [2.45, 2.75) is 6.54 Å². The van der Waals surface area contributed by atoms with Crippen molar-refractivity contribution in [2.75, 3.05) is 69.2 Å². The first kappa shape index (κ1) is 19.4. The van der Waals surface area contributed by atoms with Crippen LogP contribution in [0.1, 0.15) is 5.56 Å². The normalized spacial score (nSPS) is 18.0. The molecule has 4 heterocycles. The highest BCUT2D eigenvalue weighted by molar-refractivity contribution is 5.74. The van der Waals surface area contributed by atoms with Crippen molar-refractivity contribution in [3.05, 3.63) is 42.4 Å². The molecule has 0 unspecified atom stereocenters. The molecule has 9 nitrogen and oxygen atoms in total. The molecule has 0 aromatic carbocycles. The number of anilines is 2. The maximum Gasteiger partial charge on any atom is 0.317 e. The van der Waals surface area contributed by atoms with Gasteiger partial charge in [0.1, 0.15) is 5.82 Å². The summed E-state index contributed by atoms with van der Waals surface area (Å²) in [5.74, 6) is 1.73. The Kier molecular flexibility index (Phi) is 6.04. The molecule has 29 heavy (non-hydrogen) atoms. The maximum absolute atomic E-state index is 12.5. The first-order chi connectivity index (χ1) is 14.2. The molecule has 2 aromatic rings. The van der Waals surface area contributed by atoms with Gasteiger partial charge in [-0.2, -0.15) is 0 Å². The van der Waals surface area contributed by atoms with E-state index in [1.807, 2.05) is 23.2 Å². The van der Waals surface area contributed by atoms with E-state index in [0.29, 0.717) is 19.6 Å². The molecule has 2 aliphatic heterocycles. The van der Waals surface area contributed by atoms with Crippen molar-refractivity contribution >= 4 is 17.8 Å². The van der Waals surface area contributed by atoms with Crippen LogP contribution in [0, 0.1) is 0 Å². The number of nitrogens with zero attached hydrogens (tertiary/aromatic N) is 7. The van der Waals surface area contributed by atoms with Gasteiger partial charge in [0.05, 0.1) is 0 Å². The fourth-order valence-corrected chi connectivity index (χ4v) is 3.60. The van der Waals surface area contributed by atoms with E-state index in [9.17, 15) is 4.79 Å². The van der Waals surface area contributed by atoms with Crippen LogP contribution in [-0.4, -0.2) is 90.2 Å². The van der Waals surface area contributed by atoms with Crippen LogP contribution in [0.4, 0.5) is 16.6 Å². The number of carbonyl (C=O) groups is 1. The monoisotopic (exact) mass is 396 g/mol. The third kappa shape index (κ3) is 4.92. The quantitative estimate of drug-likeness (QED) is 0.813. The molecule has 0 spiro atoms. The van der Waals surface area contributed by atoms with Crippen molar-refractivity contribution in [2.24, 2.45) is 0 Å². The van der Waals surface area contributed by atoms with Crippen LogP contribution >= 0.6 is 0 Å². The Bertz CT molecular complexity index is 784. The van der Waals surface area contributed by atoms with Crippen LogP contribution in [-0.2, 0) is 6.54 Å². The maximum atomic E-state index is 12.5. The minimum Gasteiger partial charge on any atom is -0.354 e. The van der Waals surface area contributed by atoms with Gasteiger partial charge >= 0.3 is 6.03 Å². The molecular formula is C20H28N8O. The van der Waals surface area contributed by atoms with Crippen LogP contribution in [0.25, 0.3) is 0 Å². The van der Waals surface area contributed by atoms with Gasteiger partial charge < -0.3 is 24.9 Å². The summed E-state index contributed by atoms with van der Waals surface area (Å²) in [5.41, 5.74) is 1.01. The number of aromatic nitrogens is 3. The van der Waals surface area contributed by atoms with Gasteiger partial charge in [-0.15, -0.1) is 0 Å². The van der Waals surface area contributed by atoms with Crippen molar-refractivity contribution in [1.29, 1.82) is 0 Å². The third-order valence-electron chi connectivity index (χ3n) is 5.48. The molecule has 154 valence electrons. The Morgan fingerprint density at radius 3 is 2.28 bits per heavy atom. The lowest BCUT2D eigenvalue weighted by Gasteiger charge is -2.34. The predicted octanol–water partition coefficient (Wildman–Crippen LogP) is 0.655. The van der Waals surface area contributed by atoms with Gasteiger partial charge in [-0.25, -0.2) is 19.7 Å². The SMILES string of the molecule is CN1CCN(c2ccc(CNC(=O)N3CCN(c4ncccn4)CC3)cn2)CC1. The van der Waals surface area contributed by atoms with Gasteiger partial charge in [-0.1, -0.05) is 6.07 Å². The summed E-state index contributed by atoms with van der Waals surface area (Å²) in [6, 6.07) is 5.86. The first-order valence-corrected chi connectivity index (χ1v) is 10.1. The highest BCUT2D eigenvalue weighted by Gasteiger charge is 2.22. The van der Waals surface area contributed by atoms with Crippen molar-refractivity contribution in [3.8, 4) is 0 Å². The summed E-state index contributed by atoms with van der Waals surface area (Å²) in [6.45, 7) is 7.38. The number of hydrogen-bond donors (Lipinski definition) is 1. The molecule has 0 bridgehead atoms. The van der Waals surface area contributed by atoms with Gasteiger partial charge in [0.2, 0.25) is 5.95 Å². The van der Waals surface area contributed by atoms with E-state index in [-0.39, 0.29) is 6.03 Å². The Labute approximate surface area is 171 Å². The molecule has 4 rings (SSSR count). The average Bonchev–Trinajstić information content (AvgIpc) is 2.79. The summed E-state index contributed by atoms with van der Waals surface area (Å²) in [5, 5.41) is 3.01. The summed E-state index contributed by atoms with van der Waals surface area (Å²) < 4.78 is 0. The molecule has 2 aliphatic rings. The number of pyridine rings is 1. The zero-order valence-electron chi connectivity index (χ0n) is 16.9. The van der Waals surface area contributed by atoms with Crippen molar-refractivity contribution in [3.63, 3.8) is 0 Å². The molecule has 2 amide bonds. The average molecular weight is 396 g/mol. The molecule has 0 atom stereocenters. The van der Waals surface area contributed by atoms with Crippen LogP contribution < -0.4 is 15.1 Å². The summed E-state index contributed by atoms with van der Waals surface area (Å²) in [7, 11) is 2.14. The van der Waals surface area contributed by atoms with Crippen molar-refractivity contribution in [1.82, 2.24) is 30.1 Å². The van der Waals surface area contributed by atoms with Crippen molar-refractivity contribution < 1.29 is 4.79 Å². The Balaban J connectivity index is 1.23. The molecule has 2 aromatic heterocycles. The van der Waals surface area contributed by atoms with Gasteiger partial charge in [0.25, 0.3) is 0 Å². The minimum atomic E-state index is -0.0400. The standard InChI is InChI=1S/C20H28N8O/c1-25-7-9-26(10-8-25)18-4-3-17(15-23-18)16-24-20(29)28-13-11-27(12-14-28)19-21-5-2-6-22-19/h2-6,15H,7-14,16H2,1H3,(H,24,29). The van der Waals surface area contributed by atoms with E-state index in [1.165, 1.54) is 0 Å². The van der Waals surface area contributed by atoms with E-state index < -0.39 is 0 Å². The number of carbonyl (C=O) groups excluding carboxylic acids is 1. The number of rotatable bonds is 4. The minimum absolute atomic E-state index is 0.0400.